The molecule has 1 amide bonds. The van der Waals surface area contributed by atoms with Crippen molar-refractivity contribution in [3.05, 3.63) is 0 Å². The Kier molecular flexibility index (Phi) is 2.90. The van der Waals surface area contributed by atoms with Crippen LogP contribution in [-0.4, -0.2) is 41.8 Å². The van der Waals surface area contributed by atoms with Gasteiger partial charge in [-0.1, -0.05) is 13.8 Å². The maximum Gasteiger partial charge on any atom is 0.244 e. The van der Waals surface area contributed by atoms with Gasteiger partial charge in [0.15, 0.2) is 0 Å². The van der Waals surface area contributed by atoms with Gasteiger partial charge in [-0.2, -0.15) is 0 Å². The van der Waals surface area contributed by atoms with Crippen molar-refractivity contribution in [3.63, 3.8) is 0 Å². The summed E-state index contributed by atoms with van der Waals surface area (Å²) in [6.07, 6.45) is 3.63. The highest BCUT2D eigenvalue weighted by Crippen LogP contribution is 2.43. The standard InChI is InChI=1S/C14H24N2O2/c1-9(2)12-15-14(5-6-14)13(17)16(12)8-11-4-7-18-10(11)3/h9-12,15H,4-8H2,1-3H3. The Balaban J connectivity index is 1.73. The largest absolute Gasteiger partial charge is 0.378 e. The first-order chi connectivity index (χ1) is 8.53. The predicted molar refractivity (Wildman–Crippen MR) is 69.0 cm³/mol. The fourth-order valence-electron chi connectivity index (χ4n) is 3.30. The van der Waals surface area contributed by atoms with Crippen LogP contribution >= 0.6 is 0 Å². The molecule has 18 heavy (non-hydrogen) atoms. The van der Waals surface area contributed by atoms with E-state index < -0.39 is 0 Å². The lowest BCUT2D eigenvalue weighted by molar-refractivity contribution is -0.132. The smallest absolute Gasteiger partial charge is 0.244 e. The minimum absolute atomic E-state index is 0.183. The lowest BCUT2D eigenvalue weighted by atomic mass is 10.0. The number of ether oxygens (including phenoxy) is 1. The molecule has 3 unspecified atom stereocenters. The second-order valence-corrected chi connectivity index (χ2v) is 6.50. The SMILES string of the molecule is CC(C)C1NC2(CC2)C(=O)N1CC1CCOC1C. The van der Waals surface area contributed by atoms with Crippen molar-refractivity contribution in [2.75, 3.05) is 13.2 Å². The molecule has 1 saturated carbocycles. The highest BCUT2D eigenvalue weighted by atomic mass is 16.5. The van der Waals surface area contributed by atoms with Crippen molar-refractivity contribution >= 4 is 5.91 Å². The highest BCUT2D eigenvalue weighted by Gasteiger charge is 2.59. The van der Waals surface area contributed by atoms with Gasteiger partial charge in [0.1, 0.15) is 0 Å². The number of carbonyl (C=O) groups excluding carboxylic acids is 1. The third-order valence-electron chi connectivity index (χ3n) is 4.78. The van der Waals surface area contributed by atoms with Crippen LogP contribution in [0.2, 0.25) is 0 Å². The molecule has 4 nitrogen and oxygen atoms in total. The van der Waals surface area contributed by atoms with Crippen molar-refractivity contribution in [3.8, 4) is 0 Å². The van der Waals surface area contributed by atoms with Gasteiger partial charge in [0.05, 0.1) is 17.8 Å². The number of nitrogens with zero attached hydrogens (tertiary/aromatic N) is 1. The fourth-order valence-corrected chi connectivity index (χ4v) is 3.30. The van der Waals surface area contributed by atoms with Crippen LogP contribution in [0, 0.1) is 11.8 Å². The molecular formula is C14H24N2O2. The van der Waals surface area contributed by atoms with E-state index >= 15 is 0 Å². The quantitative estimate of drug-likeness (QED) is 0.824. The van der Waals surface area contributed by atoms with Gasteiger partial charge in [-0.05, 0) is 32.1 Å². The molecule has 3 aliphatic rings. The van der Waals surface area contributed by atoms with E-state index in [9.17, 15) is 4.79 Å². The van der Waals surface area contributed by atoms with Gasteiger partial charge in [0, 0.05) is 19.1 Å². The zero-order valence-corrected chi connectivity index (χ0v) is 11.6. The third kappa shape index (κ3) is 1.86. The molecule has 0 aromatic carbocycles. The van der Waals surface area contributed by atoms with E-state index in [1.165, 1.54) is 0 Å². The van der Waals surface area contributed by atoms with E-state index in [-0.39, 0.29) is 11.7 Å². The molecule has 0 aromatic heterocycles. The Labute approximate surface area is 109 Å². The van der Waals surface area contributed by atoms with Crippen LogP contribution in [0.5, 0.6) is 0 Å². The van der Waals surface area contributed by atoms with Crippen molar-refractivity contribution in [2.45, 2.75) is 57.8 Å². The maximum atomic E-state index is 12.5. The Morgan fingerprint density at radius 3 is 2.72 bits per heavy atom. The van der Waals surface area contributed by atoms with Crippen molar-refractivity contribution in [1.82, 2.24) is 10.2 Å². The molecule has 4 heteroatoms. The number of carbonyl (C=O) groups is 1. The second-order valence-electron chi connectivity index (χ2n) is 6.50. The zero-order chi connectivity index (χ0) is 12.9. The van der Waals surface area contributed by atoms with Crippen molar-refractivity contribution in [1.29, 1.82) is 0 Å². The van der Waals surface area contributed by atoms with Gasteiger partial charge in [-0.3, -0.25) is 10.1 Å². The number of hydrogen-bond acceptors (Lipinski definition) is 3. The zero-order valence-electron chi connectivity index (χ0n) is 11.6. The topological polar surface area (TPSA) is 41.6 Å². The Hall–Kier alpha value is -0.610. The molecule has 3 rings (SSSR count). The van der Waals surface area contributed by atoms with Crippen LogP contribution in [0.4, 0.5) is 0 Å². The monoisotopic (exact) mass is 252 g/mol. The summed E-state index contributed by atoms with van der Waals surface area (Å²) in [6.45, 7) is 8.21. The Bertz CT molecular complexity index is 352. The summed E-state index contributed by atoms with van der Waals surface area (Å²) < 4.78 is 5.62. The molecule has 3 fully saturated rings. The van der Waals surface area contributed by atoms with E-state index in [4.69, 9.17) is 4.74 Å². The van der Waals surface area contributed by atoms with E-state index in [1.807, 2.05) is 0 Å². The predicted octanol–water partition coefficient (Wildman–Crippen LogP) is 1.36. The van der Waals surface area contributed by atoms with Crippen LogP contribution in [0.25, 0.3) is 0 Å². The van der Waals surface area contributed by atoms with Gasteiger partial charge in [0.2, 0.25) is 5.91 Å². The number of rotatable bonds is 3. The molecule has 2 heterocycles. The average Bonchev–Trinajstić information content (AvgIpc) is 2.92. The van der Waals surface area contributed by atoms with Crippen LogP contribution in [0.15, 0.2) is 0 Å². The van der Waals surface area contributed by atoms with E-state index in [0.29, 0.717) is 23.8 Å². The van der Waals surface area contributed by atoms with Gasteiger partial charge in [-0.15, -0.1) is 0 Å². The molecular weight excluding hydrogens is 228 g/mol. The molecule has 3 atom stereocenters. The van der Waals surface area contributed by atoms with Gasteiger partial charge < -0.3 is 9.64 Å². The molecule has 0 aromatic rings. The summed E-state index contributed by atoms with van der Waals surface area (Å²) in [7, 11) is 0. The van der Waals surface area contributed by atoms with Crippen molar-refractivity contribution < 1.29 is 9.53 Å². The van der Waals surface area contributed by atoms with Crippen LogP contribution in [0.1, 0.15) is 40.0 Å². The lowest BCUT2D eigenvalue weighted by Crippen LogP contribution is -2.44. The third-order valence-corrected chi connectivity index (χ3v) is 4.78. The van der Waals surface area contributed by atoms with E-state index in [2.05, 4.69) is 31.0 Å². The summed E-state index contributed by atoms with van der Waals surface area (Å²) >= 11 is 0. The lowest BCUT2D eigenvalue weighted by Gasteiger charge is -2.30. The number of hydrogen-bond donors (Lipinski definition) is 1. The molecule has 1 N–H and O–H groups in total. The average molecular weight is 252 g/mol. The fraction of sp³-hybridized carbons (Fsp3) is 0.929. The molecule has 2 aliphatic heterocycles. The van der Waals surface area contributed by atoms with Crippen LogP contribution < -0.4 is 5.32 Å². The van der Waals surface area contributed by atoms with E-state index in [1.54, 1.807) is 0 Å². The molecule has 0 bridgehead atoms. The number of amides is 1. The van der Waals surface area contributed by atoms with Crippen molar-refractivity contribution in [2.24, 2.45) is 11.8 Å². The first-order valence-corrected chi connectivity index (χ1v) is 7.24. The number of nitrogens with one attached hydrogen (secondary N) is 1. The van der Waals surface area contributed by atoms with Gasteiger partial charge >= 0.3 is 0 Å². The molecule has 0 radical (unpaired) electrons. The first kappa shape index (κ1) is 12.4. The maximum absolute atomic E-state index is 12.5. The summed E-state index contributed by atoms with van der Waals surface area (Å²) in [4.78, 5) is 14.6. The van der Waals surface area contributed by atoms with Crippen LogP contribution in [0.3, 0.4) is 0 Å². The molecule has 1 spiro atoms. The molecule has 2 saturated heterocycles. The highest BCUT2D eigenvalue weighted by molar-refractivity contribution is 5.91. The summed E-state index contributed by atoms with van der Waals surface area (Å²) in [5.74, 6) is 1.30. The summed E-state index contributed by atoms with van der Waals surface area (Å²) in [6, 6.07) is 0. The Morgan fingerprint density at radius 1 is 1.50 bits per heavy atom. The minimum Gasteiger partial charge on any atom is -0.378 e. The van der Waals surface area contributed by atoms with Gasteiger partial charge in [0.25, 0.3) is 0 Å². The Morgan fingerprint density at radius 2 is 2.22 bits per heavy atom. The molecule has 102 valence electrons. The van der Waals surface area contributed by atoms with E-state index in [0.717, 1.165) is 32.4 Å². The van der Waals surface area contributed by atoms with Gasteiger partial charge in [-0.25, -0.2) is 0 Å². The van der Waals surface area contributed by atoms with Crippen LogP contribution in [-0.2, 0) is 9.53 Å². The summed E-state index contributed by atoms with van der Waals surface area (Å²) in [5, 5.41) is 3.56. The summed E-state index contributed by atoms with van der Waals surface area (Å²) in [5.41, 5.74) is -0.183. The second kappa shape index (κ2) is 4.20. The minimum atomic E-state index is -0.183. The normalized spacial score (nSPS) is 38.1. The first-order valence-electron chi connectivity index (χ1n) is 7.24. The molecule has 1 aliphatic carbocycles.